The van der Waals surface area contributed by atoms with Crippen LogP contribution in [0.1, 0.15) is 5.56 Å². The van der Waals surface area contributed by atoms with Crippen molar-refractivity contribution in [2.24, 2.45) is 0 Å². The zero-order valence-electron chi connectivity index (χ0n) is 10.7. The number of aryl methyl sites for hydroxylation is 1. The molecule has 3 aromatic rings. The minimum absolute atomic E-state index is 0.214. The van der Waals surface area contributed by atoms with E-state index < -0.39 is 10.0 Å². The molecule has 0 aliphatic carbocycles. The number of pyridine rings is 1. The molecule has 102 valence electrons. The standard InChI is InChI=1S/C13H12N4O2S/c1-9-7-15-16-13(9)17-20(18,19)12-4-2-3-10-8-14-6-5-11(10)12/h2-8H,1H3,(H2,15,16,17). The second-order valence-corrected chi connectivity index (χ2v) is 6.04. The zero-order valence-corrected chi connectivity index (χ0v) is 11.5. The van der Waals surface area contributed by atoms with Gasteiger partial charge in [-0.25, -0.2) is 8.42 Å². The van der Waals surface area contributed by atoms with Crippen LogP contribution in [0.15, 0.2) is 47.8 Å². The van der Waals surface area contributed by atoms with Gasteiger partial charge in [-0.3, -0.25) is 14.8 Å². The van der Waals surface area contributed by atoms with E-state index in [1.54, 1.807) is 43.7 Å². The van der Waals surface area contributed by atoms with Gasteiger partial charge in [0.25, 0.3) is 10.0 Å². The number of aromatic amines is 1. The fourth-order valence-corrected chi connectivity index (χ4v) is 3.28. The highest BCUT2D eigenvalue weighted by molar-refractivity contribution is 7.93. The number of rotatable bonds is 3. The van der Waals surface area contributed by atoms with Crippen LogP contribution in [-0.4, -0.2) is 23.6 Å². The van der Waals surface area contributed by atoms with Gasteiger partial charge in [-0.1, -0.05) is 12.1 Å². The van der Waals surface area contributed by atoms with E-state index in [1.165, 1.54) is 0 Å². The number of hydrogen-bond acceptors (Lipinski definition) is 4. The molecule has 0 saturated carbocycles. The molecule has 6 nitrogen and oxygen atoms in total. The molecule has 0 fully saturated rings. The largest absolute Gasteiger partial charge is 0.264 e. The first-order valence-electron chi connectivity index (χ1n) is 5.93. The van der Waals surface area contributed by atoms with Crippen molar-refractivity contribution in [3.8, 4) is 0 Å². The van der Waals surface area contributed by atoms with Crippen LogP contribution in [0.4, 0.5) is 5.82 Å². The molecule has 7 heteroatoms. The van der Waals surface area contributed by atoms with E-state index in [2.05, 4.69) is 19.9 Å². The Labute approximate surface area is 115 Å². The molecule has 2 heterocycles. The molecule has 0 atom stereocenters. The van der Waals surface area contributed by atoms with Gasteiger partial charge in [0.1, 0.15) is 5.82 Å². The van der Waals surface area contributed by atoms with Gasteiger partial charge in [0.05, 0.1) is 11.1 Å². The van der Waals surface area contributed by atoms with Crippen LogP contribution in [-0.2, 0) is 10.0 Å². The third-order valence-electron chi connectivity index (χ3n) is 3.00. The monoisotopic (exact) mass is 288 g/mol. The summed E-state index contributed by atoms with van der Waals surface area (Å²) >= 11 is 0. The van der Waals surface area contributed by atoms with Crippen molar-refractivity contribution in [2.45, 2.75) is 11.8 Å². The number of benzene rings is 1. The summed E-state index contributed by atoms with van der Waals surface area (Å²) < 4.78 is 27.5. The molecule has 0 spiro atoms. The molecule has 2 N–H and O–H groups in total. The van der Waals surface area contributed by atoms with E-state index in [1.807, 2.05) is 6.07 Å². The molecular weight excluding hydrogens is 276 g/mol. The first-order valence-corrected chi connectivity index (χ1v) is 7.42. The lowest BCUT2D eigenvalue weighted by Crippen LogP contribution is -2.14. The van der Waals surface area contributed by atoms with Crippen LogP contribution in [0.2, 0.25) is 0 Å². The Balaban J connectivity index is 2.12. The third-order valence-corrected chi connectivity index (χ3v) is 4.40. The molecule has 0 amide bonds. The van der Waals surface area contributed by atoms with E-state index in [9.17, 15) is 8.42 Å². The predicted molar refractivity (Wildman–Crippen MR) is 75.9 cm³/mol. The summed E-state index contributed by atoms with van der Waals surface area (Å²) in [5.74, 6) is 0.371. The number of nitrogens with zero attached hydrogens (tertiary/aromatic N) is 2. The topological polar surface area (TPSA) is 87.7 Å². The molecule has 1 aromatic carbocycles. The molecule has 3 rings (SSSR count). The highest BCUT2D eigenvalue weighted by Crippen LogP contribution is 2.24. The minimum atomic E-state index is -3.68. The molecule has 0 aliphatic heterocycles. The fourth-order valence-electron chi connectivity index (χ4n) is 1.97. The summed E-state index contributed by atoms with van der Waals surface area (Å²) in [6, 6.07) is 6.77. The van der Waals surface area contributed by atoms with Gasteiger partial charge < -0.3 is 0 Å². The summed E-state index contributed by atoms with van der Waals surface area (Å²) in [6.45, 7) is 1.77. The van der Waals surface area contributed by atoms with E-state index in [-0.39, 0.29) is 4.90 Å². The summed E-state index contributed by atoms with van der Waals surface area (Å²) in [6.07, 6.45) is 4.77. The van der Waals surface area contributed by atoms with Crippen molar-refractivity contribution in [3.63, 3.8) is 0 Å². The molecule has 0 unspecified atom stereocenters. The van der Waals surface area contributed by atoms with Gasteiger partial charge >= 0.3 is 0 Å². The fraction of sp³-hybridized carbons (Fsp3) is 0.0769. The molecule has 2 aromatic heterocycles. The molecule has 0 bridgehead atoms. The second kappa shape index (κ2) is 4.61. The number of sulfonamides is 1. The van der Waals surface area contributed by atoms with Crippen molar-refractivity contribution in [3.05, 3.63) is 48.4 Å². The number of hydrogen-bond donors (Lipinski definition) is 2. The molecule has 0 aliphatic rings. The van der Waals surface area contributed by atoms with Gasteiger partial charge in [-0.05, 0) is 19.1 Å². The van der Waals surface area contributed by atoms with Crippen LogP contribution < -0.4 is 4.72 Å². The lowest BCUT2D eigenvalue weighted by molar-refractivity contribution is 0.602. The SMILES string of the molecule is Cc1cn[nH]c1NS(=O)(=O)c1cccc2cnccc12. The van der Waals surface area contributed by atoms with E-state index in [4.69, 9.17) is 0 Å². The zero-order chi connectivity index (χ0) is 14.2. The lowest BCUT2D eigenvalue weighted by atomic mass is 10.2. The maximum Gasteiger partial charge on any atom is 0.263 e. The summed E-state index contributed by atoms with van der Waals surface area (Å²) in [5, 5.41) is 7.83. The van der Waals surface area contributed by atoms with Crippen LogP contribution in [0.3, 0.4) is 0 Å². The Kier molecular flexibility index (Phi) is 2.90. The third kappa shape index (κ3) is 2.12. The van der Waals surface area contributed by atoms with Crippen LogP contribution in [0.5, 0.6) is 0 Å². The van der Waals surface area contributed by atoms with Crippen molar-refractivity contribution in [2.75, 3.05) is 4.72 Å². The average molecular weight is 288 g/mol. The first-order chi connectivity index (χ1) is 9.58. The lowest BCUT2D eigenvalue weighted by Gasteiger charge is -2.09. The van der Waals surface area contributed by atoms with Gasteiger partial charge in [0.2, 0.25) is 0 Å². The highest BCUT2D eigenvalue weighted by Gasteiger charge is 2.18. The maximum atomic E-state index is 12.5. The quantitative estimate of drug-likeness (QED) is 0.772. The van der Waals surface area contributed by atoms with E-state index in [0.717, 1.165) is 10.9 Å². The Bertz CT molecular complexity index is 865. The van der Waals surface area contributed by atoms with E-state index >= 15 is 0 Å². The Morgan fingerprint density at radius 1 is 1.20 bits per heavy atom. The maximum absolute atomic E-state index is 12.5. The summed E-state index contributed by atoms with van der Waals surface area (Å²) in [4.78, 5) is 4.21. The predicted octanol–water partition coefficient (Wildman–Crippen LogP) is 2.07. The number of aromatic nitrogens is 3. The van der Waals surface area contributed by atoms with Crippen LogP contribution in [0, 0.1) is 6.92 Å². The van der Waals surface area contributed by atoms with Gasteiger partial charge in [0, 0.05) is 28.7 Å². The number of H-pyrrole nitrogens is 1. The number of fused-ring (bicyclic) bond motifs is 1. The summed E-state index contributed by atoms with van der Waals surface area (Å²) in [5.41, 5.74) is 0.732. The second-order valence-electron chi connectivity index (χ2n) is 4.39. The Morgan fingerprint density at radius 3 is 2.80 bits per heavy atom. The molecule has 20 heavy (non-hydrogen) atoms. The van der Waals surface area contributed by atoms with Gasteiger partial charge in [0.15, 0.2) is 0 Å². The van der Waals surface area contributed by atoms with E-state index in [0.29, 0.717) is 11.2 Å². The first kappa shape index (κ1) is 12.6. The van der Waals surface area contributed by atoms with Crippen LogP contribution in [0.25, 0.3) is 10.8 Å². The highest BCUT2D eigenvalue weighted by atomic mass is 32.2. The average Bonchev–Trinajstić information content (AvgIpc) is 2.83. The van der Waals surface area contributed by atoms with Crippen molar-refractivity contribution < 1.29 is 8.42 Å². The normalized spacial score (nSPS) is 11.7. The Hall–Kier alpha value is -2.41. The van der Waals surface area contributed by atoms with Gasteiger partial charge in [-0.2, -0.15) is 5.10 Å². The number of anilines is 1. The summed E-state index contributed by atoms with van der Waals surface area (Å²) in [7, 11) is -3.68. The molecular formula is C13H12N4O2S. The minimum Gasteiger partial charge on any atom is -0.264 e. The van der Waals surface area contributed by atoms with Crippen molar-refractivity contribution >= 4 is 26.6 Å². The van der Waals surface area contributed by atoms with Crippen molar-refractivity contribution in [1.82, 2.24) is 15.2 Å². The Morgan fingerprint density at radius 2 is 2.05 bits per heavy atom. The smallest absolute Gasteiger partial charge is 0.263 e. The molecule has 0 radical (unpaired) electrons. The number of nitrogens with one attached hydrogen (secondary N) is 2. The van der Waals surface area contributed by atoms with Crippen molar-refractivity contribution in [1.29, 1.82) is 0 Å². The molecule has 0 saturated heterocycles. The van der Waals surface area contributed by atoms with Crippen LogP contribution >= 0.6 is 0 Å². The van der Waals surface area contributed by atoms with Gasteiger partial charge in [-0.15, -0.1) is 0 Å².